The second kappa shape index (κ2) is 5.43. The van der Waals surface area contributed by atoms with Crippen molar-refractivity contribution in [3.05, 3.63) is 29.8 Å². The maximum Gasteiger partial charge on any atom is 0.190 e. The lowest BCUT2D eigenvalue weighted by molar-refractivity contribution is -0.306. The van der Waals surface area contributed by atoms with Crippen LogP contribution in [0.3, 0.4) is 0 Å². The number of rotatable bonds is 2. The van der Waals surface area contributed by atoms with Crippen LogP contribution in [0.5, 0.6) is 5.75 Å². The molecule has 0 bridgehead atoms. The van der Waals surface area contributed by atoms with Gasteiger partial charge in [-0.25, -0.2) is 0 Å². The first kappa shape index (κ1) is 15.4. The van der Waals surface area contributed by atoms with Crippen LogP contribution < -0.4 is 4.74 Å². The molecule has 0 saturated carbocycles. The number of hydrogen-bond donors (Lipinski definition) is 0. The molecule has 0 aromatic heterocycles. The number of ether oxygens (including phenoxy) is 6. The van der Waals surface area contributed by atoms with E-state index in [0.29, 0.717) is 0 Å². The van der Waals surface area contributed by atoms with Crippen molar-refractivity contribution in [2.75, 3.05) is 7.11 Å². The minimum atomic E-state index is -0.652. The molecule has 1 aromatic rings. The van der Waals surface area contributed by atoms with Crippen molar-refractivity contribution in [1.82, 2.24) is 0 Å². The Balaban J connectivity index is 1.54. The molecular weight excluding hydrogens is 300 g/mol. The molecule has 0 unspecified atom stereocenters. The van der Waals surface area contributed by atoms with Crippen molar-refractivity contribution in [3.63, 3.8) is 0 Å². The first-order chi connectivity index (χ1) is 11.0. The van der Waals surface area contributed by atoms with Gasteiger partial charge in [0.2, 0.25) is 0 Å². The van der Waals surface area contributed by atoms with Gasteiger partial charge in [0.1, 0.15) is 24.1 Å². The Hall–Kier alpha value is -1.18. The van der Waals surface area contributed by atoms with Crippen LogP contribution in [-0.4, -0.2) is 43.6 Å². The summed E-state index contributed by atoms with van der Waals surface area (Å²) in [5.74, 6) is 0.148. The average molecular weight is 322 g/mol. The zero-order valence-corrected chi connectivity index (χ0v) is 13.7. The lowest BCUT2D eigenvalue weighted by Gasteiger charge is -2.38. The minimum Gasteiger partial charge on any atom is -0.497 e. The standard InChI is InChI=1S/C17H22O6/c1-9-12-13(14-16(20-12)23-17(2,3)22-14)21-15(19-9)10-5-7-11(18-4)8-6-10/h5-9,12-16H,1-4H3/t9-,12-,13+,14-,15-,16-/m1/s1. The zero-order valence-electron chi connectivity index (χ0n) is 13.7. The lowest BCUT2D eigenvalue weighted by Crippen LogP contribution is -2.48. The van der Waals surface area contributed by atoms with E-state index in [-0.39, 0.29) is 24.4 Å². The fraction of sp³-hybridized carbons (Fsp3) is 0.647. The van der Waals surface area contributed by atoms with Crippen molar-refractivity contribution in [1.29, 1.82) is 0 Å². The van der Waals surface area contributed by atoms with Crippen molar-refractivity contribution in [2.45, 2.75) is 63.6 Å². The Morgan fingerprint density at radius 2 is 1.65 bits per heavy atom. The number of hydrogen-bond acceptors (Lipinski definition) is 6. The van der Waals surface area contributed by atoms with Crippen molar-refractivity contribution in [3.8, 4) is 5.75 Å². The monoisotopic (exact) mass is 322 g/mol. The second-order valence-electron chi connectivity index (χ2n) is 6.62. The van der Waals surface area contributed by atoms with Crippen molar-refractivity contribution >= 4 is 0 Å². The van der Waals surface area contributed by atoms with Crippen LogP contribution in [0.2, 0.25) is 0 Å². The highest BCUT2D eigenvalue weighted by Crippen LogP contribution is 2.44. The van der Waals surface area contributed by atoms with Gasteiger partial charge >= 0.3 is 0 Å². The van der Waals surface area contributed by atoms with Gasteiger partial charge in [-0.15, -0.1) is 0 Å². The molecule has 4 rings (SSSR count). The Bertz CT molecular complexity index is 571. The van der Waals surface area contributed by atoms with E-state index in [1.165, 1.54) is 0 Å². The summed E-state index contributed by atoms with van der Waals surface area (Å²) in [5.41, 5.74) is 0.942. The summed E-state index contributed by atoms with van der Waals surface area (Å²) >= 11 is 0. The molecule has 3 heterocycles. The highest BCUT2D eigenvalue weighted by Gasteiger charge is 2.59. The van der Waals surface area contributed by atoms with Crippen LogP contribution in [0.25, 0.3) is 0 Å². The summed E-state index contributed by atoms with van der Waals surface area (Å²) in [4.78, 5) is 0. The Labute approximate surface area is 135 Å². The van der Waals surface area contributed by atoms with Crippen LogP contribution in [0.1, 0.15) is 32.6 Å². The second-order valence-corrected chi connectivity index (χ2v) is 6.62. The molecule has 23 heavy (non-hydrogen) atoms. The third-order valence-electron chi connectivity index (χ3n) is 4.50. The molecule has 126 valence electrons. The lowest BCUT2D eigenvalue weighted by atomic mass is 10.0. The summed E-state index contributed by atoms with van der Waals surface area (Å²) in [7, 11) is 1.64. The number of fused-ring (bicyclic) bond motifs is 3. The fourth-order valence-electron chi connectivity index (χ4n) is 3.40. The van der Waals surface area contributed by atoms with E-state index >= 15 is 0 Å². The molecule has 1 aromatic carbocycles. The van der Waals surface area contributed by atoms with Crippen LogP contribution >= 0.6 is 0 Å². The maximum atomic E-state index is 6.15. The third kappa shape index (κ3) is 2.64. The maximum absolute atomic E-state index is 6.15. The van der Waals surface area contributed by atoms with Gasteiger partial charge in [-0.2, -0.15) is 0 Å². The van der Waals surface area contributed by atoms with E-state index in [1.54, 1.807) is 7.11 Å². The van der Waals surface area contributed by atoms with Crippen molar-refractivity contribution in [2.24, 2.45) is 0 Å². The van der Waals surface area contributed by atoms with E-state index in [2.05, 4.69) is 0 Å². The molecule has 6 heteroatoms. The molecule has 6 atom stereocenters. The first-order valence-electron chi connectivity index (χ1n) is 7.93. The minimum absolute atomic E-state index is 0.109. The van der Waals surface area contributed by atoms with Crippen LogP contribution in [-0.2, 0) is 23.7 Å². The topological polar surface area (TPSA) is 55.4 Å². The molecule has 6 nitrogen and oxygen atoms in total. The number of benzene rings is 1. The zero-order chi connectivity index (χ0) is 16.2. The molecule has 0 spiro atoms. The average Bonchev–Trinajstić information content (AvgIpc) is 3.00. The van der Waals surface area contributed by atoms with Gasteiger partial charge in [-0.05, 0) is 32.9 Å². The molecule has 3 aliphatic heterocycles. The normalized spacial score (nSPS) is 41.4. The Morgan fingerprint density at radius 3 is 2.35 bits per heavy atom. The summed E-state index contributed by atoms with van der Waals surface area (Å²) in [6.07, 6.45) is -1.59. The molecule has 3 fully saturated rings. The molecule has 0 radical (unpaired) electrons. The van der Waals surface area contributed by atoms with E-state index < -0.39 is 18.4 Å². The van der Waals surface area contributed by atoms with Crippen LogP contribution in [0.4, 0.5) is 0 Å². The molecule has 3 aliphatic rings. The summed E-state index contributed by atoms with van der Waals surface area (Å²) in [6, 6.07) is 7.68. The van der Waals surface area contributed by atoms with Gasteiger partial charge in [0.05, 0.1) is 13.2 Å². The van der Waals surface area contributed by atoms with Crippen LogP contribution in [0, 0.1) is 0 Å². The van der Waals surface area contributed by atoms with Gasteiger partial charge < -0.3 is 28.4 Å². The van der Waals surface area contributed by atoms with Gasteiger partial charge in [0.25, 0.3) is 0 Å². The van der Waals surface area contributed by atoms with Gasteiger partial charge in [0, 0.05) is 5.56 Å². The molecule has 0 N–H and O–H groups in total. The predicted molar refractivity (Wildman–Crippen MR) is 79.9 cm³/mol. The fourth-order valence-corrected chi connectivity index (χ4v) is 3.40. The first-order valence-corrected chi connectivity index (χ1v) is 7.93. The smallest absolute Gasteiger partial charge is 0.190 e. The highest BCUT2D eigenvalue weighted by atomic mass is 16.9. The molecule has 0 aliphatic carbocycles. The molecular formula is C17H22O6. The van der Waals surface area contributed by atoms with Crippen LogP contribution in [0.15, 0.2) is 24.3 Å². The number of methoxy groups -OCH3 is 1. The van der Waals surface area contributed by atoms with E-state index in [1.807, 2.05) is 45.0 Å². The van der Waals surface area contributed by atoms with Gasteiger partial charge in [-0.1, -0.05) is 12.1 Å². The van der Waals surface area contributed by atoms with Gasteiger partial charge in [0.15, 0.2) is 18.4 Å². The van der Waals surface area contributed by atoms with E-state index in [4.69, 9.17) is 28.4 Å². The van der Waals surface area contributed by atoms with E-state index in [9.17, 15) is 0 Å². The molecule has 3 saturated heterocycles. The van der Waals surface area contributed by atoms with Crippen molar-refractivity contribution < 1.29 is 28.4 Å². The largest absolute Gasteiger partial charge is 0.497 e. The van der Waals surface area contributed by atoms with E-state index in [0.717, 1.165) is 11.3 Å². The summed E-state index contributed by atoms with van der Waals surface area (Å²) in [5, 5.41) is 0. The molecule has 0 amide bonds. The summed E-state index contributed by atoms with van der Waals surface area (Å²) < 4.78 is 35.0. The summed E-state index contributed by atoms with van der Waals surface area (Å²) in [6.45, 7) is 5.75. The highest BCUT2D eigenvalue weighted by molar-refractivity contribution is 5.28. The SMILES string of the molecule is COc1ccc([C@H]2O[C@@H]3[C@H]4OC(C)(C)O[C@H]4O[C@@H]3[C@@H](C)O2)cc1. The Morgan fingerprint density at radius 1 is 0.913 bits per heavy atom. The third-order valence-corrected chi connectivity index (χ3v) is 4.50. The Kier molecular flexibility index (Phi) is 3.62. The van der Waals surface area contributed by atoms with Gasteiger partial charge in [-0.3, -0.25) is 0 Å². The predicted octanol–water partition coefficient (Wildman–Crippen LogP) is 2.37. The quantitative estimate of drug-likeness (QED) is 0.833.